The molecule has 1 fully saturated rings. The van der Waals surface area contributed by atoms with E-state index in [1.54, 1.807) is 18.3 Å². The molecule has 0 radical (unpaired) electrons. The number of H-pyrrole nitrogens is 2. The highest BCUT2D eigenvalue weighted by molar-refractivity contribution is 5.95. The van der Waals surface area contributed by atoms with Gasteiger partial charge in [-0.25, -0.2) is 14.4 Å². The summed E-state index contributed by atoms with van der Waals surface area (Å²) in [6.07, 6.45) is 12.8. The van der Waals surface area contributed by atoms with Crippen LogP contribution in [0.2, 0.25) is 0 Å². The molecule has 0 unspecified atom stereocenters. The number of allylic oxidation sites excluding steroid dienone is 5. The van der Waals surface area contributed by atoms with Gasteiger partial charge in [0.05, 0.1) is 22.4 Å². The molecule has 9 heteroatoms. The summed E-state index contributed by atoms with van der Waals surface area (Å²) < 4.78 is 14.9. The van der Waals surface area contributed by atoms with Crippen LogP contribution in [0.4, 0.5) is 4.39 Å². The maximum absolute atomic E-state index is 14.9. The van der Waals surface area contributed by atoms with Crippen LogP contribution in [-0.4, -0.2) is 54.7 Å². The number of aryl methyl sites for hydroxylation is 1. The topological polar surface area (TPSA) is 98.4 Å². The molecule has 3 N–H and O–H groups in total. The second-order valence-electron chi connectivity index (χ2n) is 12.7. The standard InChI is InChI=1S/C38H43FN8/c1-6-27(23-30(7-2)41-25(5)19-24(3)4)31-12-13-33-36(42-31)37(46-45-33)38-43-32-14-15-40-34(35(32)44-38)28-20-26(21-29(39)22-28)11-10-18-47-16-8-9-17-47/h6-7,12-15,20-24,41H,2,5,8-11,16-19H2,1,3-4H3,(H,43,44)(H,45,46)/b27-6+,30-23+. The fourth-order valence-corrected chi connectivity index (χ4v) is 6.29. The van der Waals surface area contributed by atoms with Crippen molar-refractivity contribution in [1.29, 1.82) is 0 Å². The molecule has 242 valence electrons. The van der Waals surface area contributed by atoms with Crippen molar-refractivity contribution in [3.05, 3.63) is 102 Å². The number of fused-ring (bicyclic) bond motifs is 2. The molecule has 0 spiro atoms. The van der Waals surface area contributed by atoms with Gasteiger partial charge in [0, 0.05) is 23.2 Å². The minimum absolute atomic E-state index is 0.267. The number of nitrogens with one attached hydrogen (secondary N) is 3. The number of benzene rings is 1. The molecule has 47 heavy (non-hydrogen) atoms. The van der Waals surface area contributed by atoms with Crippen molar-refractivity contribution in [3.8, 4) is 22.8 Å². The van der Waals surface area contributed by atoms with Gasteiger partial charge >= 0.3 is 0 Å². The highest BCUT2D eigenvalue weighted by atomic mass is 19.1. The van der Waals surface area contributed by atoms with Crippen LogP contribution in [0.3, 0.4) is 0 Å². The average molecular weight is 631 g/mol. The molecule has 6 rings (SSSR count). The maximum atomic E-state index is 14.9. The van der Waals surface area contributed by atoms with Gasteiger partial charge in [-0.1, -0.05) is 33.1 Å². The first-order valence-corrected chi connectivity index (χ1v) is 16.5. The van der Waals surface area contributed by atoms with E-state index in [-0.39, 0.29) is 5.82 Å². The quantitative estimate of drug-likeness (QED) is 0.113. The number of likely N-dealkylation sites (tertiary alicyclic amines) is 1. The minimum atomic E-state index is -0.267. The highest BCUT2D eigenvalue weighted by Crippen LogP contribution is 2.31. The zero-order valence-electron chi connectivity index (χ0n) is 27.5. The van der Waals surface area contributed by atoms with E-state index in [1.165, 1.54) is 32.0 Å². The SMILES string of the molecule is C=C/C(=C\C(=C/C)c1ccc2[nH]nc(-c3nc4c(-c5cc(F)cc(CCCN6CCCC6)c5)nccc4[nH]3)c2n1)NC(=C)CC(C)C. The van der Waals surface area contributed by atoms with Crippen molar-refractivity contribution in [2.75, 3.05) is 19.6 Å². The first-order chi connectivity index (χ1) is 22.8. The van der Waals surface area contributed by atoms with E-state index in [0.717, 1.165) is 65.1 Å². The monoisotopic (exact) mass is 630 g/mol. The van der Waals surface area contributed by atoms with Crippen LogP contribution in [0.5, 0.6) is 0 Å². The molecule has 1 aliphatic heterocycles. The number of halogens is 1. The third-order valence-electron chi connectivity index (χ3n) is 8.52. The van der Waals surface area contributed by atoms with Crippen molar-refractivity contribution >= 4 is 27.6 Å². The first-order valence-electron chi connectivity index (χ1n) is 16.5. The van der Waals surface area contributed by atoms with E-state index in [2.05, 4.69) is 57.4 Å². The lowest BCUT2D eigenvalue weighted by Gasteiger charge is -2.14. The Balaban J connectivity index is 1.30. The predicted molar refractivity (Wildman–Crippen MR) is 190 cm³/mol. The second kappa shape index (κ2) is 14.3. The summed E-state index contributed by atoms with van der Waals surface area (Å²) in [6, 6.07) is 11.0. The van der Waals surface area contributed by atoms with Crippen molar-refractivity contribution < 1.29 is 4.39 Å². The molecule has 0 amide bonds. The molecule has 0 atom stereocenters. The Morgan fingerprint density at radius 2 is 1.87 bits per heavy atom. The molecule has 1 saturated heterocycles. The Kier molecular flexibility index (Phi) is 9.73. The van der Waals surface area contributed by atoms with Gasteiger partial charge in [0.25, 0.3) is 0 Å². The van der Waals surface area contributed by atoms with Gasteiger partial charge in [-0.15, -0.1) is 0 Å². The summed E-state index contributed by atoms with van der Waals surface area (Å²) >= 11 is 0. The van der Waals surface area contributed by atoms with Crippen LogP contribution in [0.1, 0.15) is 57.7 Å². The number of aromatic amines is 2. The van der Waals surface area contributed by atoms with Crippen LogP contribution in [0, 0.1) is 11.7 Å². The van der Waals surface area contributed by atoms with Gasteiger partial charge in [-0.2, -0.15) is 5.10 Å². The summed E-state index contributed by atoms with van der Waals surface area (Å²) in [5.74, 6) is 0.788. The highest BCUT2D eigenvalue weighted by Gasteiger charge is 2.19. The summed E-state index contributed by atoms with van der Waals surface area (Å²) in [5.41, 5.74) is 9.33. The Bertz CT molecular complexity index is 1970. The van der Waals surface area contributed by atoms with Crippen LogP contribution in [0.25, 0.3) is 50.4 Å². The third kappa shape index (κ3) is 7.41. The van der Waals surface area contributed by atoms with E-state index in [0.29, 0.717) is 39.7 Å². The number of rotatable bonds is 13. The van der Waals surface area contributed by atoms with Gasteiger partial charge in [-0.05, 0) is 124 Å². The Hall–Kier alpha value is -4.89. The van der Waals surface area contributed by atoms with Crippen LogP contribution in [0.15, 0.2) is 85.4 Å². The lowest BCUT2D eigenvalue weighted by atomic mass is 10.0. The molecular weight excluding hydrogens is 587 g/mol. The third-order valence-corrected chi connectivity index (χ3v) is 8.52. The number of nitrogens with zero attached hydrogens (tertiary/aromatic N) is 5. The second-order valence-corrected chi connectivity index (χ2v) is 12.7. The molecule has 1 aromatic carbocycles. The van der Waals surface area contributed by atoms with Crippen molar-refractivity contribution in [1.82, 2.24) is 40.3 Å². The molecule has 0 bridgehead atoms. The van der Waals surface area contributed by atoms with Crippen LogP contribution >= 0.6 is 0 Å². The molecule has 4 aromatic heterocycles. The van der Waals surface area contributed by atoms with E-state index < -0.39 is 0 Å². The summed E-state index contributed by atoms with van der Waals surface area (Å²) in [7, 11) is 0. The van der Waals surface area contributed by atoms with Gasteiger partial charge in [0.2, 0.25) is 0 Å². The molecular formula is C38H43FN8. The number of hydrogen-bond acceptors (Lipinski definition) is 6. The molecule has 5 heterocycles. The van der Waals surface area contributed by atoms with E-state index in [1.807, 2.05) is 43.3 Å². The van der Waals surface area contributed by atoms with Crippen LogP contribution in [-0.2, 0) is 6.42 Å². The fourth-order valence-electron chi connectivity index (χ4n) is 6.29. The smallest absolute Gasteiger partial charge is 0.161 e. The van der Waals surface area contributed by atoms with E-state index in [9.17, 15) is 4.39 Å². The summed E-state index contributed by atoms with van der Waals surface area (Å²) in [5, 5.41) is 11.1. The number of aromatic nitrogens is 6. The Labute approximate surface area is 275 Å². The molecule has 1 aliphatic rings. The normalized spacial score (nSPS) is 14.5. The van der Waals surface area contributed by atoms with Crippen molar-refractivity contribution in [2.45, 2.75) is 52.9 Å². The van der Waals surface area contributed by atoms with Gasteiger partial charge < -0.3 is 15.2 Å². The average Bonchev–Trinajstić information content (AvgIpc) is 3.82. The van der Waals surface area contributed by atoms with E-state index >= 15 is 0 Å². The maximum Gasteiger partial charge on any atom is 0.161 e. The van der Waals surface area contributed by atoms with Crippen molar-refractivity contribution in [3.63, 3.8) is 0 Å². The lowest BCUT2D eigenvalue weighted by molar-refractivity contribution is 0.334. The molecule has 5 aromatic rings. The van der Waals surface area contributed by atoms with E-state index in [4.69, 9.17) is 9.97 Å². The zero-order chi connectivity index (χ0) is 32.9. The minimum Gasteiger partial charge on any atom is -0.359 e. The summed E-state index contributed by atoms with van der Waals surface area (Å²) in [4.78, 5) is 20.5. The Morgan fingerprint density at radius 3 is 2.64 bits per heavy atom. The number of hydrogen-bond donors (Lipinski definition) is 3. The molecule has 0 aliphatic carbocycles. The molecule has 0 saturated carbocycles. The molecule has 8 nitrogen and oxygen atoms in total. The van der Waals surface area contributed by atoms with Gasteiger partial charge in [0.1, 0.15) is 16.9 Å². The number of imidazole rings is 1. The fraction of sp³-hybridized carbons (Fsp3) is 0.316. The van der Waals surface area contributed by atoms with Crippen molar-refractivity contribution in [2.24, 2.45) is 5.92 Å². The van der Waals surface area contributed by atoms with Gasteiger partial charge in [0.15, 0.2) is 11.5 Å². The van der Waals surface area contributed by atoms with Crippen LogP contribution < -0.4 is 5.32 Å². The number of pyridine rings is 2. The Morgan fingerprint density at radius 1 is 1.06 bits per heavy atom. The first kappa shape index (κ1) is 32.1. The van der Waals surface area contributed by atoms with Gasteiger partial charge in [-0.3, -0.25) is 10.1 Å². The zero-order valence-corrected chi connectivity index (χ0v) is 27.5. The lowest BCUT2D eigenvalue weighted by Crippen LogP contribution is -2.20. The summed E-state index contributed by atoms with van der Waals surface area (Å²) in [6.45, 7) is 17.8. The largest absolute Gasteiger partial charge is 0.359 e. The predicted octanol–water partition coefficient (Wildman–Crippen LogP) is 8.35.